The Morgan fingerprint density at radius 2 is 1.90 bits per heavy atom. The number of hydrogen-bond donors (Lipinski definition) is 3. The average molecular weight is 463 g/mol. The van der Waals surface area contributed by atoms with Crippen molar-refractivity contribution in [1.29, 1.82) is 0 Å². The van der Waals surface area contributed by atoms with E-state index in [2.05, 4.69) is 20.4 Å². The summed E-state index contributed by atoms with van der Waals surface area (Å²) < 4.78 is 65.8. The highest BCUT2D eigenvalue weighted by atomic mass is 32.2. The SMILES string of the molecule is CC(C)(O)Cn1cc(-c2nc(NC3CCN(S(N)(=O)=O)CC3)ncc2C(F)(F)F)cn1. The molecule has 4 N–H and O–H groups in total. The van der Waals surface area contributed by atoms with Crippen LogP contribution < -0.4 is 10.5 Å². The normalized spacial score (nSPS) is 17.1. The van der Waals surface area contributed by atoms with Crippen LogP contribution in [-0.4, -0.2) is 62.3 Å². The highest BCUT2D eigenvalue weighted by molar-refractivity contribution is 7.86. The number of hydrogen-bond acceptors (Lipinski definition) is 7. The van der Waals surface area contributed by atoms with E-state index in [0.717, 1.165) is 4.31 Å². The van der Waals surface area contributed by atoms with Crippen molar-refractivity contribution in [3.63, 3.8) is 0 Å². The third kappa shape index (κ3) is 6.12. The molecule has 10 nitrogen and oxygen atoms in total. The standard InChI is InChI=1S/C17H24F3N7O3S/c1-16(2,28)10-26-9-11(7-23-26)14-13(17(18,19)20)8-22-15(25-14)24-12-3-5-27(6-4-12)31(21,29)30/h7-9,12,28H,3-6,10H2,1-2H3,(H2,21,29,30)(H,22,24,25). The van der Waals surface area contributed by atoms with Gasteiger partial charge in [-0.15, -0.1) is 0 Å². The first kappa shape index (κ1) is 23.4. The second kappa shape index (κ2) is 8.33. The summed E-state index contributed by atoms with van der Waals surface area (Å²) in [6.07, 6.45) is -0.536. The van der Waals surface area contributed by atoms with Crippen LogP contribution in [0.1, 0.15) is 32.3 Å². The van der Waals surface area contributed by atoms with Crippen molar-refractivity contribution in [2.75, 3.05) is 18.4 Å². The minimum atomic E-state index is -4.67. The Kier molecular flexibility index (Phi) is 6.28. The fraction of sp³-hybridized carbons (Fsp3) is 0.588. The maximum Gasteiger partial charge on any atom is 0.419 e. The average Bonchev–Trinajstić information content (AvgIpc) is 3.07. The maximum absolute atomic E-state index is 13.5. The van der Waals surface area contributed by atoms with E-state index in [0.29, 0.717) is 19.0 Å². The molecule has 1 aliphatic heterocycles. The largest absolute Gasteiger partial charge is 0.419 e. The molecule has 2 aromatic rings. The van der Waals surface area contributed by atoms with Gasteiger partial charge in [0.1, 0.15) is 5.56 Å². The summed E-state index contributed by atoms with van der Waals surface area (Å²) in [6, 6.07) is -0.222. The minimum absolute atomic E-state index is 0.00714. The van der Waals surface area contributed by atoms with E-state index >= 15 is 0 Å². The molecule has 0 bridgehead atoms. The van der Waals surface area contributed by atoms with E-state index < -0.39 is 27.6 Å². The van der Waals surface area contributed by atoms with Crippen molar-refractivity contribution in [2.24, 2.45) is 5.14 Å². The molecule has 1 saturated heterocycles. The smallest absolute Gasteiger partial charge is 0.389 e. The molecule has 0 amide bonds. The number of aliphatic hydroxyl groups is 1. The van der Waals surface area contributed by atoms with Crippen LogP contribution in [0.25, 0.3) is 11.3 Å². The van der Waals surface area contributed by atoms with Crippen LogP contribution in [0.3, 0.4) is 0 Å². The predicted molar refractivity (Wildman–Crippen MR) is 106 cm³/mol. The van der Waals surface area contributed by atoms with Crippen LogP contribution in [0, 0.1) is 0 Å². The first-order valence-electron chi connectivity index (χ1n) is 9.46. The topological polar surface area (TPSA) is 139 Å². The van der Waals surface area contributed by atoms with Gasteiger partial charge >= 0.3 is 6.18 Å². The Balaban J connectivity index is 1.83. The number of aromatic nitrogens is 4. The van der Waals surface area contributed by atoms with E-state index in [4.69, 9.17) is 5.14 Å². The first-order valence-corrected chi connectivity index (χ1v) is 11.0. The molecule has 0 aliphatic carbocycles. The van der Waals surface area contributed by atoms with Crippen molar-refractivity contribution in [1.82, 2.24) is 24.1 Å². The van der Waals surface area contributed by atoms with Gasteiger partial charge in [-0.3, -0.25) is 4.68 Å². The zero-order valence-corrected chi connectivity index (χ0v) is 17.8. The molecular formula is C17H24F3N7O3S. The van der Waals surface area contributed by atoms with Crippen LogP contribution in [0.5, 0.6) is 0 Å². The van der Waals surface area contributed by atoms with E-state index in [1.54, 1.807) is 13.8 Å². The molecule has 0 saturated carbocycles. The van der Waals surface area contributed by atoms with Gasteiger partial charge in [-0.25, -0.2) is 15.1 Å². The molecule has 1 fully saturated rings. The van der Waals surface area contributed by atoms with Crippen molar-refractivity contribution < 1.29 is 26.7 Å². The number of halogens is 3. The Morgan fingerprint density at radius 1 is 1.26 bits per heavy atom. The summed E-state index contributed by atoms with van der Waals surface area (Å²) in [4.78, 5) is 7.86. The van der Waals surface area contributed by atoms with Gasteiger partial charge in [0.05, 0.1) is 24.0 Å². The zero-order valence-electron chi connectivity index (χ0n) is 17.0. The Morgan fingerprint density at radius 3 is 2.45 bits per heavy atom. The highest BCUT2D eigenvalue weighted by Crippen LogP contribution is 2.36. The van der Waals surface area contributed by atoms with E-state index in [1.807, 2.05) is 0 Å². The van der Waals surface area contributed by atoms with Gasteiger partial charge in [-0.2, -0.15) is 31.0 Å². The summed E-state index contributed by atoms with van der Waals surface area (Å²) in [6.45, 7) is 3.58. The molecular weight excluding hydrogens is 439 g/mol. The molecule has 1 aliphatic rings. The van der Waals surface area contributed by atoms with Gasteiger partial charge < -0.3 is 10.4 Å². The number of nitrogens with two attached hydrogens (primary N) is 1. The molecule has 172 valence electrons. The Hall–Kier alpha value is -2.29. The van der Waals surface area contributed by atoms with Crippen molar-refractivity contribution in [3.8, 4) is 11.3 Å². The molecule has 14 heteroatoms. The van der Waals surface area contributed by atoms with Crippen LogP contribution >= 0.6 is 0 Å². The lowest BCUT2D eigenvalue weighted by Gasteiger charge is -2.30. The van der Waals surface area contributed by atoms with Crippen molar-refractivity contribution in [2.45, 2.75) is 51.1 Å². The lowest BCUT2D eigenvalue weighted by Crippen LogP contribution is -2.45. The molecule has 0 unspecified atom stereocenters. The fourth-order valence-electron chi connectivity index (χ4n) is 3.28. The second-order valence-corrected chi connectivity index (χ2v) is 9.60. The van der Waals surface area contributed by atoms with E-state index in [9.17, 15) is 26.7 Å². The molecule has 31 heavy (non-hydrogen) atoms. The molecule has 2 aromatic heterocycles. The molecule has 0 aromatic carbocycles. The Bertz CT molecular complexity index is 1030. The third-order valence-corrected chi connectivity index (χ3v) is 5.78. The van der Waals surface area contributed by atoms with Crippen LogP contribution in [0.2, 0.25) is 0 Å². The Labute approximate surface area is 177 Å². The summed E-state index contributed by atoms with van der Waals surface area (Å²) in [7, 11) is -3.78. The monoisotopic (exact) mass is 463 g/mol. The number of nitrogens with one attached hydrogen (secondary N) is 1. The number of nitrogens with zero attached hydrogens (tertiary/aromatic N) is 5. The van der Waals surface area contributed by atoms with Crippen LogP contribution in [-0.2, 0) is 22.9 Å². The summed E-state index contributed by atoms with van der Waals surface area (Å²) in [5, 5.41) is 22.0. The first-order chi connectivity index (χ1) is 14.2. The van der Waals surface area contributed by atoms with Gasteiger partial charge in [-0.1, -0.05) is 0 Å². The quantitative estimate of drug-likeness (QED) is 0.585. The number of rotatable bonds is 6. The molecule has 0 radical (unpaired) electrons. The van der Waals surface area contributed by atoms with Crippen LogP contribution in [0.15, 0.2) is 18.6 Å². The van der Waals surface area contributed by atoms with Crippen LogP contribution in [0.4, 0.5) is 19.1 Å². The van der Waals surface area contributed by atoms with Crippen molar-refractivity contribution >= 4 is 16.2 Å². The van der Waals surface area contributed by atoms with Gasteiger partial charge in [0.2, 0.25) is 5.95 Å². The third-order valence-electron chi connectivity index (χ3n) is 4.70. The lowest BCUT2D eigenvalue weighted by molar-refractivity contribution is -0.137. The summed E-state index contributed by atoms with van der Waals surface area (Å²) >= 11 is 0. The fourth-order valence-corrected chi connectivity index (χ4v) is 4.00. The molecule has 0 spiro atoms. The summed E-state index contributed by atoms with van der Waals surface area (Å²) in [5.74, 6) is -0.00714. The predicted octanol–water partition coefficient (Wildman–Crippen LogP) is 1.21. The van der Waals surface area contributed by atoms with Gasteiger partial charge in [0, 0.05) is 37.1 Å². The van der Waals surface area contributed by atoms with Gasteiger partial charge in [-0.05, 0) is 26.7 Å². The summed E-state index contributed by atoms with van der Waals surface area (Å²) in [5.41, 5.74) is -2.31. The molecule has 3 rings (SSSR count). The van der Waals surface area contributed by atoms with Crippen molar-refractivity contribution in [3.05, 3.63) is 24.2 Å². The molecule has 3 heterocycles. The minimum Gasteiger partial charge on any atom is -0.389 e. The van der Waals surface area contributed by atoms with E-state index in [1.165, 1.54) is 17.1 Å². The lowest BCUT2D eigenvalue weighted by atomic mass is 10.1. The second-order valence-electron chi connectivity index (χ2n) is 8.06. The highest BCUT2D eigenvalue weighted by Gasteiger charge is 2.36. The maximum atomic E-state index is 13.5. The zero-order chi connectivity index (χ0) is 23.0. The van der Waals surface area contributed by atoms with Gasteiger partial charge in [0.15, 0.2) is 0 Å². The number of anilines is 1. The number of alkyl halides is 3. The molecule has 0 atom stereocenters. The van der Waals surface area contributed by atoms with Gasteiger partial charge in [0.25, 0.3) is 10.2 Å². The van der Waals surface area contributed by atoms with E-state index in [-0.39, 0.29) is 42.9 Å². The number of piperidine rings is 1.